The van der Waals surface area contributed by atoms with Crippen LogP contribution >= 0.6 is 0 Å². The topological polar surface area (TPSA) is 116 Å². The first kappa shape index (κ1) is 19.9. The van der Waals surface area contributed by atoms with Crippen LogP contribution in [0.5, 0.6) is 0 Å². The molecule has 1 atom stereocenters. The third-order valence-electron chi connectivity index (χ3n) is 5.49. The van der Waals surface area contributed by atoms with Gasteiger partial charge in [-0.1, -0.05) is 24.3 Å². The van der Waals surface area contributed by atoms with Gasteiger partial charge in [0.15, 0.2) is 11.5 Å². The second-order valence-corrected chi connectivity index (χ2v) is 7.74. The lowest BCUT2D eigenvalue weighted by molar-refractivity contribution is 0.479. The molecular formula is C23H23N9. The van der Waals surface area contributed by atoms with E-state index >= 15 is 0 Å². The number of nitrogens with zero attached hydrogens (tertiary/aromatic N) is 6. The molecule has 4 aromatic rings. The van der Waals surface area contributed by atoms with Crippen LogP contribution < -0.4 is 16.0 Å². The highest BCUT2D eigenvalue weighted by molar-refractivity contribution is 5.63. The van der Waals surface area contributed by atoms with Crippen LogP contribution in [0.3, 0.4) is 0 Å². The van der Waals surface area contributed by atoms with E-state index in [9.17, 15) is 5.26 Å². The molecule has 1 fully saturated rings. The van der Waals surface area contributed by atoms with Crippen molar-refractivity contribution in [2.75, 3.05) is 23.7 Å². The Labute approximate surface area is 185 Å². The van der Waals surface area contributed by atoms with Gasteiger partial charge in [-0.15, -0.1) is 0 Å². The van der Waals surface area contributed by atoms with Gasteiger partial charge in [-0.05, 0) is 31.0 Å². The van der Waals surface area contributed by atoms with Gasteiger partial charge in [-0.3, -0.25) is 0 Å². The van der Waals surface area contributed by atoms with Gasteiger partial charge in [-0.25, -0.2) is 15.0 Å². The van der Waals surface area contributed by atoms with Crippen molar-refractivity contribution in [3.63, 3.8) is 0 Å². The summed E-state index contributed by atoms with van der Waals surface area (Å²) in [5, 5.41) is 24.2. The van der Waals surface area contributed by atoms with E-state index in [0.717, 1.165) is 48.7 Å². The van der Waals surface area contributed by atoms with Crippen molar-refractivity contribution in [3.8, 4) is 17.5 Å². The minimum absolute atomic E-state index is 0.313. The summed E-state index contributed by atoms with van der Waals surface area (Å²) in [5.74, 6) is 2.22. The van der Waals surface area contributed by atoms with Gasteiger partial charge >= 0.3 is 0 Å². The number of benzene rings is 1. The zero-order valence-corrected chi connectivity index (χ0v) is 17.5. The summed E-state index contributed by atoms with van der Waals surface area (Å²) in [6.07, 6.45) is 7.24. The number of hydrogen-bond acceptors (Lipinski definition) is 8. The maximum absolute atomic E-state index is 9.45. The van der Waals surface area contributed by atoms with Crippen LogP contribution in [-0.4, -0.2) is 43.7 Å². The number of piperidine rings is 1. The monoisotopic (exact) mass is 425 g/mol. The van der Waals surface area contributed by atoms with Crippen molar-refractivity contribution in [2.24, 2.45) is 0 Å². The number of anilines is 2. The zero-order chi connectivity index (χ0) is 21.8. The van der Waals surface area contributed by atoms with Crippen LogP contribution in [0.15, 0.2) is 55.0 Å². The maximum atomic E-state index is 9.45. The van der Waals surface area contributed by atoms with E-state index < -0.39 is 0 Å². The minimum Gasteiger partial charge on any atom is -0.366 e. The van der Waals surface area contributed by atoms with E-state index in [2.05, 4.69) is 42.1 Å². The van der Waals surface area contributed by atoms with Crippen LogP contribution in [0.4, 0.5) is 11.6 Å². The van der Waals surface area contributed by atoms with Gasteiger partial charge < -0.3 is 16.0 Å². The standard InChI is InChI=1S/C23H23N9/c24-12-18-14-29-32-21(11-20(31-23(18)32)30-19-3-1-8-25-15-19)28-13-16-4-6-17(7-5-16)22-26-9-2-10-27-22/h2,4-7,9-11,14,19,25,28H,1,3,8,13,15H2,(H,30,31)/t19-/m0/s1. The molecule has 1 aliphatic heterocycles. The van der Waals surface area contributed by atoms with E-state index in [1.807, 2.05) is 30.3 Å². The Balaban J connectivity index is 1.37. The molecule has 0 spiro atoms. The van der Waals surface area contributed by atoms with Crippen molar-refractivity contribution >= 4 is 17.3 Å². The van der Waals surface area contributed by atoms with E-state index in [0.29, 0.717) is 29.6 Å². The first-order valence-corrected chi connectivity index (χ1v) is 10.7. The van der Waals surface area contributed by atoms with E-state index in [-0.39, 0.29) is 0 Å². The SMILES string of the molecule is N#Cc1cnn2c(NCc3ccc(-c4ncccn4)cc3)cc(N[C@H]3CCCNC3)nc12. The molecule has 0 radical (unpaired) electrons. The highest BCUT2D eigenvalue weighted by Gasteiger charge is 2.16. The smallest absolute Gasteiger partial charge is 0.177 e. The Hall–Kier alpha value is -4.03. The average molecular weight is 426 g/mol. The number of fused-ring (bicyclic) bond motifs is 1. The quantitative estimate of drug-likeness (QED) is 0.432. The molecule has 3 N–H and O–H groups in total. The highest BCUT2D eigenvalue weighted by atomic mass is 15.3. The van der Waals surface area contributed by atoms with Crippen LogP contribution in [0.1, 0.15) is 24.0 Å². The predicted molar refractivity (Wildman–Crippen MR) is 122 cm³/mol. The van der Waals surface area contributed by atoms with Crippen LogP contribution in [-0.2, 0) is 6.54 Å². The lowest BCUT2D eigenvalue weighted by atomic mass is 10.1. The van der Waals surface area contributed by atoms with E-state index in [1.165, 1.54) is 0 Å². The molecule has 1 aliphatic rings. The van der Waals surface area contributed by atoms with Gasteiger partial charge in [0.05, 0.1) is 6.20 Å². The molecule has 0 bridgehead atoms. The molecule has 0 unspecified atom stereocenters. The maximum Gasteiger partial charge on any atom is 0.177 e. The Bertz CT molecular complexity index is 1240. The molecule has 32 heavy (non-hydrogen) atoms. The lowest BCUT2D eigenvalue weighted by Gasteiger charge is -2.24. The third-order valence-corrected chi connectivity index (χ3v) is 5.49. The molecule has 0 saturated carbocycles. The Morgan fingerprint density at radius 1 is 1.19 bits per heavy atom. The normalized spacial score (nSPS) is 15.9. The number of nitrogens with one attached hydrogen (secondary N) is 3. The number of hydrogen-bond donors (Lipinski definition) is 3. The van der Waals surface area contributed by atoms with Crippen molar-refractivity contribution < 1.29 is 0 Å². The summed E-state index contributed by atoms with van der Waals surface area (Å²) in [7, 11) is 0. The van der Waals surface area contributed by atoms with Crippen molar-refractivity contribution in [2.45, 2.75) is 25.4 Å². The first-order valence-electron chi connectivity index (χ1n) is 10.7. The lowest BCUT2D eigenvalue weighted by Crippen LogP contribution is -2.38. The molecular weight excluding hydrogens is 402 g/mol. The molecule has 5 rings (SSSR count). The van der Waals surface area contributed by atoms with Crippen LogP contribution in [0, 0.1) is 11.3 Å². The van der Waals surface area contributed by atoms with Gasteiger partial charge in [-0.2, -0.15) is 14.9 Å². The van der Waals surface area contributed by atoms with Gasteiger partial charge in [0.25, 0.3) is 0 Å². The molecule has 3 aromatic heterocycles. The summed E-state index contributed by atoms with van der Waals surface area (Å²) in [5.41, 5.74) is 3.07. The Morgan fingerprint density at radius 2 is 2.03 bits per heavy atom. The largest absolute Gasteiger partial charge is 0.366 e. The minimum atomic E-state index is 0.313. The molecule has 1 aromatic carbocycles. The predicted octanol–water partition coefficient (Wildman–Crippen LogP) is 2.83. The molecule has 160 valence electrons. The fraction of sp³-hybridized carbons (Fsp3) is 0.261. The van der Waals surface area contributed by atoms with Gasteiger partial charge in [0.2, 0.25) is 0 Å². The molecule has 9 heteroatoms. The van der Waals surface area contributed by atoms with Crippen LogP contribution in [0.2, 0.25) is 0 Å². The van der Waals surface area contributed by atoms with Crippen molar-refractivity contribution in [1.29, 1.82) is 5.26 Å². The number of nitriles is 1. The zero-order valence-electron chi connectivity index (χ0n) is 17.5. The summed E-state index contributed by atoms with van der Waals surface area (Å²) >= 11 is 0. The summed E-state index contributed by atoms with van der Waals surface area (Å²) in [6, 6.07) is 14.4. The van der Waals surface area contributed by atoms with Gasteiger partial charge in [0, 0.05) is 43.2 Å². The molecule has 9 nitrogen and oxygen atoms in total. The highest BCUT2D eigenvalue weighted by Crippen LogP contribution is 2.21. The number of rotatable bonds is 6. The summed E-state index contributed by atoms with van der Waals surface area (Å²) in [6.45, 7) is 2.55. The van der Waals surface area contributed by atoms with Crippen LogP contribution in [0.25, 0.3) is 17.0 Å². The number of aromatic nitrogens is 5. The third kappa shape index (κ3) is 4.22. The second-order valence-electron chi connectivity index (χ2n) is 7.74. The van der Waals surface area contributed by atoms with Crippen molar-refractivity contribution in [1.82, 2.24) is 29.9 Å². The molecule has 4 heterocycles. The molecule has 0 aliphatic carbocycles. The Morgan fingerprint density at radius 3 is 2.78 bits per heavy atom. The second kappa shape index (κ2) is 8.99. The fourth-order valence-electron chi connectivity index (χ4n) is 3.84. The molecule has 1 saturated heterocycles. The fourth-order valence-corrected chi connectivity index (χ4v) is 3.84. The first-order chi connectivity index (χ1) is 15.8. The average Bonchev–Trinajstić information content (AvgIpc) is 3.27. The summed E-state index contributed by atoms with van der Waals surface area (Å²) < 4.78 is 1.68. The van der Waals surface area contributed by atoms with Gasteiger partial charge in [0.1, 0.15) is 23.3 Å². The van der Waals surface area contributed by atoms with Crippen molar-refractivity contribution in [3.05, 3.63) is 66.1 Å². The molecule has 0 amide bonds. The summed E-state index contributed by atoms with van der Waals surface area (Å²) in [4.78, 5) is 13.2. The Kier molecular flexibility index (Phi) is 5.59. The van der Waals surface area contributed by atoms with E-state index in [4.69, 9.17) is 0 Å². The van der Waals surface area contributed by atoms with E-state index in [1.54, 1.807) is 29.2 Å².